The third-order valence-corrected chi connectivity index (χ3v) is 3.44. The number of hydrogen-bond acceptors (Lipinski definition) is 5. The largest absolute Gasteiger partial charge is 0.325 e. The average Bonchev–Trinajstić information content (AvgIpc) is 2.17. The van der Waals surface area contributed by atoms with Crippen LogP contribution in [-0.2, 0) is 9.45 Å². The number of rotatable bonds is 6. The van der Waals surface area contributed by atoms with E-state index in [4.69, 9.17) is 15.0 Å². The van der Waals surface area contributed by atoms with Crippen LogP contribution in [0, 0.1) is 0 Å². The lowest BCUT2D eigenvalue weighted by atomic mass is 10.2. The Labute approximate surface area is 94.5 Å². The van der Waals surface area contributed by atoms with E-state index in [-0.39, 0.29) is 18.8 Å². The molecule has 1 aliphatic rings. The zero-order chi connectivity index (χ0) is 12.0. The molecule has 16 heavy (non-hydrogen) atoms. The summed E-state index contributed by atoms with van der Waals surface area (Å²) in [5.74, 6) is 0. The molecule has 4 N–H and O–H groups in total. The maximum atomic E-state index is 10.7. The van der Waals surface area contributed by atoms with E-state index in [9.17, 15) is 4.57 Å². The summed E-state index contributed by atoms with van der Waals surface area (Å²) in [6.07, 6.45) is 0.412. The third-order valence-electron chi connectivity index (χ3n) is 2.54. The van der Waals surface area contributed by atoms with Crippen molar-refractivity contribution in [3.63, 3.8) is 0 Å². The van der Waals surface area contributed by atoms with Gasteiger partial charge in [0.15, 0.2) is 0 Å². The SMILES string of the molecule is O=P(O)(O)CCCN1CCNC(COO)C1. The number of piperazine rings is 1. The highest BCUT2D eigenvalue weighted by atomic mass is 31.2. The summed E-state index contributed by atoms with van der Waals surface area (Å²) in [4.78, 5) is 23.6. The van der Waals surface area contributed by atoms with Crippen molar-refractivity contribution in [1.29, 1.82) is 0 Å². The van der Waals surface area contributed by atoms with Gasteiger partial charge in [0, 0.05) is 25.7 Å². The fraction of sp³-hybridized carbons (Fsp3) is 1.00. The minimum Gasteiger partial charge on any atom is -0.324 e. The van der Waals surface area contributed by atoms with Gasteiger partial charge in [0.2, 0.25) is 0 Å². The molecular weight excluding hydrogens is 235 g/mol. The lowest BCUT2D eigenvalue weighted by molar-refractivity contribution is -0.248. The first kappa shape index (κ1) is 14.1. The van der Waals surface area contributed by atoms with Crippen molar-refractivity contribution >= 4 is 7.60 Å². The lowest BCUT2D eigenvalue weighted by Gasteiger charge is -2.32. The van der Waals surface area contributed by atoms with Crippen LogP contribution in [0.25, 0.3) is 0 Å². The van der Waals surface area contributed by atoms with Crippen LogP contribution in [0.1, 0.15) is 6.42 Å². The molecule has 0 radical (unpaired) electrons. The molecule has 0 saturated carbocycles. The van der Waals surface area contributed by atoms with E-state index in [2.05, 4.69) is 15.1 Å². The molecule has 1 unspecified atom stereocenters. The molecule has 1 heterocycles. The van der Waals surface area contributed by atoms with Gasteiger partial charge in [0.1, 0.15) is 0 Å². The third kappa shape index (κ3) is 5.91. The van der Waals surface area contributed by atoms with Crippen molar-refractivity contribution in [1.82, 2.24) is 10.2 Å². The van der Waals surface area contributed by atoms with Crippen LogP contribution in [0.2, 0.25) is 0 Å². The molecule has 0 spiro atoms. The monoisotopic (exact) mass is 254 g/mol. The van der Waals surface area contributed by atoms with Gasteiger partial charge in [-0.25, -0.2) is 4.89 Å². The quantitative estimate of drug-likeness (QED) is 0.283. The fourth-order valence-corrected chi connectivity index (χ4v) is 2.35. The number of nitrogens with zero attached hydrogens (tertiary/aromatic N) is 1. The average molecular weight is 254 g/mol. The zero-order valence-electron chi connectivity index (χ0n) is 9.08. The summed E-state index contributed by atoms with van der Waals surface area (Å²) in [6, 6.07) is 0.0776. The molecule has 0 bridgehead atoms. The van der Waals surface area contributed by atoms with Gasteiger partial charge in [-0.2, -0.15) is 0 Å². The Morgan fingerprint density at radius 3 is 2.88 bits per heavy atom. The highest BCUT2D eigenvalue weighted by molar-refractivity contribution is 7.51. The van der Waals surface area contributed by atoms with Crippen LogP contribution >= 0.6 is 7.60 Å². The Morgan fingerprint density at radius 2 is 2.25 bits per heavy atom. The summed E-state index contributed by atoms with van der Waals surface area (Å²) in [5.41, 5.74) is 0. The van der Waals surface area contributed by atoms with Gasteiger partial charge in [0.25, 0.3) is 0 Å². The first-order valence-electron chi connectivity index (χ1n) is 5.28. The Hall–Kier alpha value is -0.0100. The van der Waals surface area contributed by atoms with Crippen molar-refractivity contribution in [2.45, 2.75) is 12.5 Å². The maximum absolute atomic E-state index is 10.7. The molecule has 1 aliphatic heterocycles. The molecule has 0 aromatic heterocycles. The van der Waals surface area contributed by atoms with Crippen molar-refractivity contribution in [3.05, 3.63) is 0 Å². The predicted molar refractivity (Wildman–Crippen MR) is 58.3 cm³/mol. The molecule has 0 aliphatic carbocycles. The Morgan fingerprint density at radius 1 is 1.50 bits per heavy atom. The van der Waals surface area contributed by atoms with Crippen molar-refractivity contribution in [3.8, 4) is 0 Å². The Kier molecular flexibility index (Phi) is 5.85. The number of nitrogens with one attached hydrogen (secondary N) is 1. The highest BCUT2D eigenvalue weighted by Crippen LogP contribution is 2.34. The standard InChI is InChI=1S/C8H19N2O5P/c11-15-7-8-6-10(4-2-9-8)3-1-5-16(12,13)14/h8-9,11H,1-7H2,(H2,12,13,14). The second-order valence-electron chi connectivity index (χ2n) is 3.99. The van der Waals surface area contributed by atoms with E-state index >= 15 is 0 Å². The second kappa shape index (κ2) is 6.66. The Balaban J connectivity index is 2.19. The molecule has 1 atom stereocenters. The molecule has 1 saturated heterocycles. The summed E-state index contributed by atoms with van der Waals surface area (Å²) in [6.45, 7) is 3.26. The van der Waals surface area contributed by atoms with E-state index in [1.165, 1.54) is 0 Å². The first-order valence-corrected chi connectivity index (χ1v) is 7.08. The van der Waals surface area contributed by atoms with Crippen molar-refractivity contribution in [2.24, 2.45) is 0 Å². The van der Waals surface area contributed by atoms with Gasteiger partial charge in [-0.1, -0.05) is 0 Å². The molecule has 1 rings (SSSR count). The minimum atomic E-state index is -3.87. The molecule has 7 nitrogen and oxygen atoms in total. The smallest absolute Gasteiger partial charge is 0.324 e. The van der Waals surface area contributed by atoms with Crippen LogP contribution in [0.4, 0.5) is 0 Å². The molecule has 1 fully saturated rings. The number of hydrogen-bond donors (Lipinski definition) is 4. The molecule has 0 aromatic carbocycles. The van der Waals surface area contributed by atoms with Gasteiger partial charge in [0.05, 0.1) is 12.8 Å². The van der Waals surface area contributed by atoms with Crippen LogP contribution < -0.4 is 5.32 Å². The zero-order valence-corrected chi connectivity index (χ0v) is 9.97. The summed E-state index contributed by atoms with van der Waals surface area (Å²) < 4.78 is 10.7. The normalized spacial score (nSPS) is 23.6. The second-order valence-corrected chi connectivity index (χ2v) is 5.77. The summed E-state index contributed by atoms with van der Waals surface area (Å²) in [5, 5.41) is 11.5. The first-order chi connectivity index (χ1) is 7.51. The summed E-state index contributed by atoms with van der Waals surface area (Å²) in [7, 11) is -3.87. The van der Waals surface area contributed by atoms with E-state index in [1.807, 2.05) is 0 Å². The van der Waals surface area contributed by atoms with E-state index < -0.39 is 7.60 Å². The lowest BCUT2D eigenvalue weighted by Crippen LogP contribution is -2.52. The van der Waals surface area contributed by atoms with Gasteiger partial charge in [-0.05, 0) is 13.0 Å². The van der Waals surface area contributed by atoms with Gasteiger partial charge in [-0.3, -0.25) is 9.82 Å². The molecule has 0 aromatic rings. The molecular formula is C8H19N2O5P. The van der Waals surface area contributed by atoms with Gasteiger partial charge in [-0.15, -0.1) is 0 Å². The molecule has 0 amide bonds. The van der Waals surface area contributed by atoms with E-state index in [0.29, 0.717) is 13.0 Å². The van der Waals surface area contributed by atoms with E-state index in [0.717, 1.165) is 19.6 Å². The highest BCUT2D eigenvalue weighted by Gasteiger charge is 2.20. The topological polar surface area (TPSA) is 102 Å². The van der Waals surface area contributed by atoms with Crippen LogP contribution in [-0.4, -0.2) is 64.9 Å². The van der Waals surface area contributed by atoms with Gasteiger partial charge >= 0.3 is 7.60 Å². The van der Waals surface area contributed by atoms with Crippen LogP contribution in [0.5, 0.6) is 0 Å². The fourth-order valence-electron chi connectivity index (χ4n) is 1.80. The minimum absolute atomic E-state index is 0.0713. The molecule has 8 heteroatoms. The van der Waals surface area contributed by atoms with Crippen molar-refractivity contribution in [2.75, 3.05) is 38.9 Å². The maximum Gasteiger partial charge on any atom is 0.325 e. The van der Waals surface area contributed by atoms with E-state index in [1.54, 1.807) is 0 Å². The van der Waals surface area contributed by atoms with Gasteiger partial charge < -0.3 is 20.0 Å². The summed E-state index contributed by atoms with van der Waals surface area (Å²) >= 11 is 0. The van der Waals surface area contributed by atoms with Crippen LogP contribution in [0.3, 0.4) is 0 Å². The Bertz CT molecular complexity index is 245. The molecule has 96 valence electrons. The van der Waals surface area contributed by atoms with Crippen LogP contribution in [0.15, 0.2) is 0 Å². The van der Waals surface area contributed by atoms with Crippen molar-refractivity contribution < 1.29 is 24.5 Å². The predicted octanol–water partition coefficient (Wildman–Crippen LogP) is -0.682.